The van der Waals surface area contributed by atoms with Crippen LogP contribution in [0.3, 0.4) is 0 Å². The van der Waals surface area contributed by atoms with E-state index in [1.165, 1.54) is 18.1 Å². The summed E-state index contributed by atoms with van der Waals surface area (Å²) < 4.78 is 19.1. The maximum Gasteiger partial charge on any atom is 0.302 e. The monoisotopic (exact) mass is 528 g/mol. The van der Waals surface area contributed by atoms with Gasteiger partial charge in [0.2, 0.25) is 0 Å². The second-order valence-electron chi connectivity index (χ2n) is 15.0. The molecular weight excluding hydrogens is 480 g/mol. The molecule has 3 aliphatic carbocycles. The summed E-state index contributed by atoms with van der Waals surface area (Å²) in [5, 5.41) is 23.1. The summed E-state index contributed by atoms with van der Waals surface area (Å²) >= 11 is 0. The van der Waals surface area contributed by atoms with Crippen molar-refractivity contribution in [2.45, 2.75) is 117 Å². The van der Waals surface area contributed by atoms with Gasteiger partial charge in [0.1, 0.15) is 6.10 Å². The number of carbonyl (C=O) groups excluding carboxylic acids is 1. The number of fused-ring (bicyclic) bond motifs is 1. The minimum Gasteiger partial charge on any atom is -0.462 e. The molecular formula is C32H48O6. The Bertz CT molecular complexity index is 1130. The minimum absolute atomic E-state index is 0.00662. The van der Waals surface area contributed by atoms with Crippen molar-refractivity contribution in [2.24, 2.45) is 28.6 Å². The van der Waals surface area contributed by atoms with E-state index in [0.717, 1.165) is 24.0 Å². The molecule has 0 spiro atoms. The van der Waals surface area contributed by atoms with Gasteiger partial charge in [0.15, 0.2) is 6.29 Å². The molecule has 1 aromatic carbocycles. The van der Waals surface area contributed by atoms with Crippen LogP contribution >= 0.6 is 0 Å². The highest BCUT2D eigenvalue weighted by atomic mass is 16.7. The lowest BCUT2D eigenvalue weighted by atomic mass is 9.54. The first-order valence-corrected chi connectivity index (χ1v) is 14.4. The van der Waals surface area contributed by atoms with Gasteiger partial charge in [0, 0.05) is 29.6 Å². The van der Waals surface area contributed by atoms with Crippen LogP contribution in [-0.2, 0) is 36.4 Å². The molecule has 1 saturated heterocycles. The van der Waals surface area contributed by atoms with Gasteiger partial charge in [-0.05, 0) is 65.2 Å². The number of ether oxygens (including phenoxy) is 3. The summed E-state index contributed by atoms with van der Waals surface area (Å²) in [6, 6.07) is 4.33. The van der Waals surface area contributed by atoms with Gasteiger partial charge in [-0.2, -0.15) is 0 Å². The zero-order chi connectivity index (χ0) is 28.1. The first-order chi connectivity index (χ1) is 17.5. The van der Waals surface area contributed by atoms with E-state index < -0.39 is 17.3 Å². The molecule has 6 nitrogen and oxygen atoms in total. The number of benzene rings is 1. The standard InChI is InChI=1S/C32H48O6/c1-18-10-11-22-25(21(18)13-33)30(8,14-28(22,4)5)16-36-27-24-19(2)12-23(38-20(3)34)26-29(6,7)15-31(9,17-37-27)32(24,26)35/h10-11,19,23-24,26-27,33,35H,12-17H2,1-9H3/t19-,23+,24-,26+,27+,30-,31-,32-/m1/s1. The number of esters is 1. The molecule has 0 radical (unpaired) electrons. The van der Waals surface area contributed by atoms with Gasteiger partial charge < -0.3 is 24.4 Å². The molecule has 3 fully saturated rings. The second-order valence-corrected chi connectivity index (χ2v) is 15.0. The van der Waals surface area contributed by atoms with Crippen molar-refractivity contribution in [2.75, 3.05) is 13.2 Å². The van der Waals surface area contributed by atoms with Gasteiger partial charge in [0.05, 0.1) is 25.4 Å². The van der Waals surface area contributed by atoms with E-state index in [2.05, 4.69) is 67.5 Å². The maximum absolute atomic E-state index is 12.7. The zero-order valence-corrected chi connectivity index (χ0v) is 24.8. The molecule has 6 heteroatoms. The van der Waals surface area contributed by atoms with E-state index in [9.17, 15) is 15.0 Å². The highest BCUT2D eigenvalue weighted by molar-refractivity contribution is 5.66. The molecule has 2 N–H and O–H groups in total. The number of hydrogen-bond donors (Lipinski definition) is 2. The molecule has 1 aliphatic heterocycles. The van der Waals surface area contributed by atoms with Crippen LogP contribution < -0.4 is 0 Å². The number of aryl methyl sites for hydroxylation is 1. The molecule has 0 bridgehead atoms. The van der Waals surface area contributed by atoms with E-state index in [1.807, 2.05) is 0 Å². The van der Waals surface area contributed by atoms with Crippen molar-refractivity contribution in [3.8, 4) is 0 Å². The molecule has 5 rings (SSSR count). The average Bonchev–Trinajstić information content (AvgIpc) is 3.09. The van der Waals surface area contributed by atoms with E-state index in [4.69, 9.17) is 14.2 Å². The molecule has 0 aromatic heterocycles. The number of rotatable bonds is 5. The van der Waals surface area contributed by atoms with Crippen LogP contribution in [0.4, 0.5) is 0 Å². The molecule has 212 valence electrons. The van der Waals surface area contributed by atoms with E-state index >= 15 is 0 Å². The van der Waals surface area contributed by atoms with E-state index in [-0.39, 0.29) is 52.7 Å². The van der Waals surface area contributed by atoms with Gasteiger partial charge in [-0.1, -0.05) is 60.6 Å². The highest BCUT2D eigenvalue weighted by Gasteiger charge is 2.75. The third kappa shape index (κ3) is 3.84. The molecule has 2 saturated carbocycles. The molecule has 0 amide bonds. The van der Waals surface area contributed by atoms with Gasteiger partial charge >= 0.3 is 5.97 Å². The van der Waals surface area contributed by atoms with Crippen molar-refractivity contribution < 1.29 is 29.2 Å². The first kappa shape index (κ1) is 28.1. The van der Waals surface area contributed by atoms with Crippen LogP contribution in [-0.4, -0.2) is 47.4 Å². The Morgan fingerprint density at radius 1 is 1.13 bits per heavy atom. The van der Waals surface area contributed by atoms with Crippen LogP contribution in [0.2, 0.25) is 0 Å². The third-order valence-electron chi connectivity index (χ3n) is 10.8. The Hall–Kier alpha value is -1.47. The van der Waals surface area contributed by atoms with Crippen LogP contribution in [0, 0.1) is 35.5 Å². The molecule has 4 aliphatic rings. The van der Waals surface area contributed by atoms with Crippen molar-refractivity contribution in [3.05, 3.63) is 34.4 Å². The van der Waals surface area contributed by atoms with Crippen molar-refractivity contribution in [1.29, 1.82) is 0 Å². The Labute approximate surface area is 228 Å². The van der Waals surface area contributed by atoms with E-state index in [0.29, 0.717) is 19.6 Å². The largest absolute Gasteiger partial charge is 0.462 e. The summed E-state index contributed by atoms with van der Waals surface area (Å²) in [5.41, 5.74) is 2.52. The lowest BCUT2D eigenvalue weighted by Gasteiger charge is -2.60. The Kier molecular flexibility index (Phi) is 6.47. The third-order valence-corrected chi connectivity index (χ3v) is 10.8. The van der Waals surface area contributed by atoms with Gasteiger partial charge in [-0.3, -0.25) is 4.79 Å². The lowest BCUT2D eigenvalue weighted by Crippen LogP contribution is -2.69. The SMILES string of the molecule is CC(=O)O[C@H]1C[C@@H](C)[C@@H]2[C@@H](OC[C@@]3(C)CC(C)(C)c4ccc(C)c(CO)c43)OC[C@@]3(C)CC(C)(C)[C@H]1[C@]23O. The molecule has 8 atom stereocenters. The highest BCUT2D eigenvalue weighted by Crippen LogP contribution is 2.69. The first-order valence-electron chi connectivity index (χ1n) is 14.4. The topological polar surface area (TPSA) is 85.2 Å². The molecule has 38 heavy (non-hydrogen) atoms. The summed E-state index contributed by atoms with van der Waals surface area (Å²) in [5.74, 6) is -0.661. The number of aliphatic hydroxyl groups excluding tert-OH is 1. The van der Waals surface area contributed by atoms with Crippen molar-refractivity contribution in [3.63, 3.8) is 0 Å². The van der Waals surface area contributed by atoms with Crippen molar-refractivity contribution in [1.82, 2.24) is 0 Å². The lowest BCUT2D eigenvalue weighted by molar-refractivity contribution is -0.331. The fourth-order valence-electron chi connectivity index (χ4n) is 9.96. The Morgan fingerprint density at radius 2 is 1.82 bits per heavy atom. The smallest absolute Gasteiger partial charge is 0.302 e. The summed E-state index contributed by atoms with van der Waals surface area (Å²) in [6.07, 6.45) is 1.51. The van der Waals surface area contributed by atoms with Gasteiger partial charge in [-0.15, -0.1) is 0 Å². The van der Waals surface area contributed by atoms with Crippen LogP contribution in [0.1, 0.15) is 96.9 Å². The Balaban J connectivity index is 1.48. The Morgan fingerprint density at radius 3 is 2.45 bits per heavy atom. The molecule has 1 aromatic rings. The summed E-state index contributed by atoms with van der Waals surface area (Å²) in [7, 11) is 0. The summed E-state index contributed by atoms with van der Waals surface area (Å²) in [4.78, 5) is 12.1. The normalized spacial score (nSPS) is 42.4. The van der Waals surface area contributed by atoms with Gasteiger partial charge in [-0.25, -0.2) is 0 Å². The second kappa shape index (κ2) is 8.76. The fraction of sp³-hybridized carbons (Fsp3) is 0.781. The predicted molar refractivity (Wildman–Crippen MR) is 146 cm³/mol. The molecule has 1 heterocycles. The maximum atomic E-state index is 12.7. The fourth-order valence-corrected chi connectivity index (χ4v) is 9.96. The zero-order valence-electron chi connectivity index (χ0n) is 24.8. The van der Waals surface area contributed by atoms with E-state index in [1.54, 1.807) is 0 Å². The number of aliphatic hydroxyl groups is 2. The minimum atomic E-state index is -1.07. The van der Waals surface area contributed by atoms with Crippen LogP contribution in [0.5, 0.6) is 0 Å². The van der Waals surface area contributed by atoms with Crippen molar-refractivity contribution >= 4 is 5.97 Å². The molecule has 0 unspecified atom stereocenters. The number of hydrogen-bond acceptors (Lipinski definition) is 6. The van der Waals surface area contributed by atoms with Crippen LogP contribution in [0.15, 0.2) is 12.1 Å². The van der Waals surface area contributed by atoms with Crippen LogP contribution in [0.25, 0.3) is 0 Å². The quantitative estimate of drug-likeness (QED) is 0.513. The average molecular weight is 529 g/mol. The predicted octanol–water partition coefficient (Wildman–Crippen LogP) is 5.17. The number of carbonyl (C=O) groups is 1. The summed E-state index contributed by atoms with van der Waals surface area (Å²) in [6.45, 7) is 19.8. The van der Waals surface area contributed by atoms with Gasteiger partial charge in [0.25, 0.3) is 0 Å².